The van der Waals surface area contributed by atoms with Crippen molar-refractivity contribution in [3.63, 3.8) is 0 Å². The predicted molar refractivity (Wildman–Crippen MR) is 62.9 cm³/mol. The number of terminal acetylenes is 1. The van der Waals surface area contributed by atoms with Gasteiger partial charge in [0.15, 0.2) is 0 Å². The van der Waals surface area contributed by atoms with Gasteiger partial charge < -0.3 is 15.8 Å². The number of nitrogens with two attached hydrogens (primary N) is 1. The summed E-state index contributed by atoms with van der Waals surface area (Å²) in [7, 11) is 1.44. The van der Waals surface area contributed by atoms with E-state index in [0.29, 0.717) is 11.3 Å². The molecule has 1 unspecified atom stereocenters. The van der Waals surface area contributed by atoms with Gasteiger partial charge in [0.2, 0.25) is 0 Å². The van der Waals surface area contributed by atoms with Crippen LogP contribution in [0, 0.1) is 12.3 Å². The number of hydrogen-bond donors (Lipinski definition) is 2. The van der Waals surface area contributed by atoms with Gasteiger partial charge in [-0.05, 0) is 18.2 Å². The van der Waals surface area contributed by atoms with Crippen LogP contribution in [-0.4, -0.2) is 25.7 Å². The summed E-state index contributed by atoms with van der Waals surface area (Å²) >= 11 is 0. The molecule has 0 fully saturated rings. The summed E-state index contributed by atoms with van der Waals surface area (Å²) in [6.07, 6.45) is 4.61. The molecule has 0 heterocycles. The van der Waals surface area contributed by atoms with Crippen LogP contribution in [0.15, 0.2) is 24.3 Å². The normalized spacial score (nSPS) is 11.6. The molecule has 4 heteroatoms. The maximum atomic E-state index is 11.6. The molecule has 0 saturated carbocycles. The quantitative estimate of drug-likeness (QED) is 0.727. The van der Waals surface area contributed by atoms with Gasteiger partial charge in [-0.3, -0.25) is 4.79 Å². The number of hydrogen-bond acceptors (Lipinski definition) is 3. The number of amides is 1. The van der Waals surface area contributed by atoms with Gasteiger partial charge in [-0.2, -0.15) is 0 Å². The van der Waals surface area contributed by atoms with E-state index in [1.54, 1.807) is 24.3 Å². The molecule has 1 aromatic carbocycles. The molecule has 16 heavy (non-hydrogen) atoms. The van der Waals surface area contributed by atoms with Crippen molar-refractivity contribution >= 4 is 11.6 Å². The Bertz CT molecular complexity index is 406. The molecule has 1 amide bonds. The molecule has 0 aromatic heterocycles. The van der Waals surface area contributed by atoms with Crippen LogP contribution < -0.4 is 11.1 Å². The monoisotopic (exact) mass is 218 g/mol. The molecule has 0 bridgehead atoms. The molecule has 84 valence electrons. The van der Waals surface area contributed by atoms with Crippen molar-refractivity contribution in [2.24, 2.45) is 5.73 Å². The first kappa shape index (κ1) is 12.2. The van der Waals surface area contributed by atoms with E-state index in [4.69, 9.17) is 16.9 Å². The van der Waals surface area contributed by atoms with E-state index in [1.807, 2.05) is 0 Å². The summed E-state index contributed by atoms with van der Waals surface area (Å²) in [6, 6.07) is 7.02. The summed E-state index contributed by atoms with van der Waals surface area (Å²) in [5.41, 5.74) is 6.72. The van der Waals surface area contributed by atoms with Crippen LogP contribution in [0.25, 0.3) is 0 Å². The first-order valence-electron chi connectivity index (χ1n) is 4.81. The van der Waals surface area contributed by atoms with Gasteiger partial charge in [0, 0.05) is 24.9 Å². The van der Waals surface area contributed by atoms with Crippen molar-refractivity contribution in [3.05, 3.63) is 29.8 Å². The number of methoxy groups -OCH3 is 1. The summed E-state index contributed by atoms with van der Waals surface area (Å²) in [4.78, 5) is 11.6. The Morgan fingerprint density at radius 1 is 1.69 bits per heavy atom. The van der Waals surface area contributed by atoms with E-state index in [1.165, 1.54) is 7.11 Å². The Morgan fingerprint density at radius 3 is 3.00 bits per heavy atom. The third kappa shape index (κ3) is 3.09. The molecule has 0 spiro atoms. The number of benzene rings is 1. The molecule has 0 aliphatic rings. The Morgan fingerprint density at radius 2 is 2.44 bits per heavy atom. The molecule has 0 saturated heterocycles. The van der Waals surface area contributed by atoms with E-state index in [9.17, 15) is 4.79 Å². The van der Waals surface area contributed by atoms with E-state index < -0.39 is 6.10 Å². The minimum atomic E-state index is -0.644. The first-order chi connectivity index (χ1) is 7.71. The lowest BCUT2D eigenvalue weighted by Gasteiger charge is -2.13. The van der Waals surface area contributed by atoms with Crippen molar-refractivity contribution in [2.75, 3.05) is 19.0 Å². The number of ether oxygens (including phenoxy) is 1. The van der Waals surface area contributed by atoms with Crippen LogP contribution >= 0.6 is 0 Å². The Hall–Kier alpha value is -1.83. The number of carbonyl (C=O) groups excluding carboxylic acids is 1. The SMILES string of the molecule is C#Cc1cccc(NC(=O)C(CN)OC)c1. The number of anilines is 1. The van der Waals surface area contributed by atoms with Gasteiger partial charge in [0.05, 0.1) is 0 Å². The molecule has 0 aliphatic heterocycles. The number of rotatable bonds is 4. The minimum Gasteiger partial charge on any atom is -0.370 e. The fourth-order valence-corrected chi connectivity index (χ4v) is 1.22. The maximum absolute atomic E-state index is 11.6. The summed E-state index contributed by atoms with van der Waals surface area (Å²) in [5, 5.41) is 2.68. The Kier molecular flexibility index (Phi) is 4.52. The van der Waals surface area contributed by atoms with Crippen molar-refractivity contribution in [2.45, 2.75) is 6.10 Å². The maximum Gasteiger partial charge on any atom is 0.254 e. The van der Waals surface area contributed by atoms with Gasteiger partial charge in [0.25, 0.3) is 5.91 Å². The fourth-order valence-electron chi connectivity index (χ4n) is 1.22. The zero-order valence-electron chi connectivity index (χ0n) is 9.07. The average Bonchev–Trinajstić information content (AvgIpc) is 2.31. The van der Waals surface area contributed by atoms with Gasteiger partial charge in [-0.1, -0.05) is 12.0 Å². The van der Waals surface area contributed by atoms with Crippen LogP contribution in [0.5, 0.6) is 0 Å². The topological polar surface area (TPSA) is 64.4 Å². The molecule has 0 aliphatic carbocycles. The molecule has 3 N–H and O–H groups in total. The standard InChI is InChI=1S/C12H14N2O2/c1-3-9-5-4-6-10(7-9)14-12(15)11(8-13)16-2/h1,4-7,11H,8,13H2,2H3,(H,14,15). The number of nitrogens with one attached hydrogen (secondary N) is 1. The van der Waals surface area contributed by atoms with Crippen molar-refractivity contribution in [1.29, 1.82) is 0 Å². The third-order valence-corrected chi connectivity index (χ3v) is 2.09. The van der Waals surface area contributed by atoms with Crippen molar-refractivity contribution in [1.82, 2.24) is 0 Å². The van der Waals surface area contributed by atoms with E-state index in [2.05, 4.69) is 11.2 Å². The lowest BCUT2D eigenvalue weighted by atomic mass is 10.2. The van der Waals surface area contributed by atoms with E-state index in [-0.39, 0.29) is 12.5 Å². The molecule has 0 radical (unpaired) electrons. The highest BCUT2D eigenvalue weighted by molar-refractivity contribution is 5.94. The molecule has 4 nitrogen and oxygen atoms in total. The second-order valence-corrected chi connectivity index (χ2v) is 3.17. The third-order valence-electron chi connectivity index (χ3n) is 2.09. The molecule has 1 atom stereocenters. The van der Waals surface area contributed by atoms with Crippen LogP contribution in [0.4, 0.5) is 5.69 Å². The van der Waals surface area contributed by atoms with E-state index >= 15 is 0 Å². The highest BCUT2D eigenvalue weighted by Gasteiger charge is 2.15. The zero-order chi connectivity index (χ0) is 12.0. The second-order valence-electron chi connectivity index (χ2n) is 3.17. The van der Waals surface area contributed by atoms with Crippen LogP contribution in [-0.2, 0) is 9.53 Å². The molecule has 1 aromatic rings. The summed E-state index contributed by atoms with van der Waals surface area (Å²) in [6.45, 7) is 0.136. The van der Waals surface area contributed by atoms with E-state index in [0.717, 1.165) is 0 Å². The fraction of sp³-hybridized carbons (Fsp3) is 0.250. The van der Waals surface area contributed by atoms with Crippen LogP contribution in [0.2, 0.25) is 0 Å². The largest absolute Gasteiger partial charge is 0.370 e. The first-order valence-corrected chi connectivity index (χ1v) is 4.81. The highest BCUT2D eigenvalue weighted by atomic mass is 16.5. The predicted octanol–water partition coefficient (Wildman–Crippen LogP) is 0.580. The Balaban J connectivity index is 2.73. The minimum absolute atomic E-state index is 0.136. The number of carbonyl (C=O) groups is 1. The lowest BCUT2D eigenvalue weighted by Crippen LogP contribution is -2.35. The van der Waals surface area contributed by atoms with Gasteiger partial charge in [-0.15, -0.1) is 6.42 Å². The summed E-state index contributed by atoms with van der Waals surface area (Å²) in [5.74, 6) is 2.21. The highest BCUT2D eigenvalue weighted by Crippen LogP contribution is 2.10. The lowest BCUT2D eigenvalue weighted by molar-refractivity contribution is -0.125. The molecular weight excluding hydrogens is 204 g/mol. The second kappa shape index (κ2) is 5.91. The Labute approximate surface area is 94.8 Å². The zero-order valence-corrected chi connectivity index (χ0v) is 9.07. The van der Waals surface area contributed by atoms with Crippen LogP contribution in [0.3, 0.4) is 0 Å². The van der Waals surface area contributed by atoms with Gasteiger partial charge >= 0.3 is 0 Å². The van der Waals surface area contributed by atoms with Gasteiger partial charge in [0.1, 0.15) is 6.10 Å². The smallest absolute Gasteiger partial charge is 0.254 e. The van der Waals surface area contributed by atoms with Crippen molar-refractivity contribution < 1.29 is 9.53 Å². The van der Waals surface area contributed by atoms with Gasteiger partial charge in [-0.25, -0.2) is 0 Å². The molecule has 1 rings (SSSR count). The average molecular weight is 218 g/mol. The molecular formula is C12H14N2O2. The summed E-state index contributed by atoms with van der Waals surface area (Å²) < 4.78 is 4.91. The van der Waals surface area contributed by atoms with Crippen LogP contribution in [0.1, 0.15) is 5.56 Å². The van der Waals surface area contributed by atoms with Crippen molar-refractivity contribution in [3.8, 4) is 12.3 Å².